The number of nitrogens with one attached hydrogen (secondary N) is 1. The van der Waals surface area contributed by atoms with Gasteiger partial charge in [-0.2, -0.15) is 0 Å². The SMILES string of the molecule is CCOc1ccc(N2CCCC(=O)NCC2)cc1. The van der Waals surface area contributed by atoms with E-state index in [4.69, 9.17) is 4.74 Å². The average Bonchev–Trinajstić information content (AvgIpc) is 2.35. The van der Waals surface area contributed by atoms with E-state index in [0.29, 0.717) is 19.6 Å². The van der Waals surface area contributed by atoms with Gasteiger partial charge < -0.3 is 15.0 Å². The molecule has 1 amide bonds. The van der Waals surface area contributed by atoms with Gasteiger partial charge in [0, 0.05) is 31.7 Å². The molecular weight excluding hydrogens is 228 g/mol. The Morgan fingerprint density at radius 2 is 2.06 bits per heavy atom. The lowest BCUT2D eigenvalue weighted by Crippen LogP contribution is -2.38. The first-order valence-corrected chi connectivity index (χ1v) is 6.54. The van der Waals surface area contributed by atoms with Crippen molar-refractivity contribution in [2.45, 2.75) is 19.8 Å². The summed E-state index contributed by atoms with van der Waals surface area (Å²) in [7, 11) is 0. The molecule has 4 heteroatoms. The van der Waals surface area contributed by atoms with E-state index in [-0.39, 0.29) is 5.91 Å². The van der Waals surface area contributed by atoms with Crippen LogP contribution in [0, 0.1) is 0 Å². The zero-order valence-corrected chi connectivity index (χ0v) is 10.8. The molecule has 0 atom stereocenters. The van der Waals surface area contributed by atoms with Crippen molar-refractivity contribution in [1.29, 1.82) is 0 Å². The van der Waals surface area contributed by atoms with Crippen LogP contribution in [0.1, 0.15) is 19.8 Å². The van der Waals surface area contributed by atoms with Crippen molar-refractivity contribution in [3.63, 3.8) is 0 Å². The van der Waals surface area contributed by atoms with Crippen LogP contribution in [0.15, 0.2) is 24.3 Å². The Labute approximate surface area is 108 Å². The highest BCUT2D eigenvalue weighted by atomic mass is 16.5. The Morgan fingerprint density at radius 3 is 2.78 bits per heavy atom. The van der Waals surface area contributed by atoms with Crippen LogP contribution >= 0.6 is 0 Å². The maximum absolute atomic E-state index is 11.2. The molecule has 0 aromatic heterocycles. The van der Waals surface area contributed by atoms with Gasteiger partial charge in [-0.1, -0.05) is 0 Å². The van der Waals surface area contributed by atoms with Crippen LogP contribution in [-0.4, -0.2) is 32.1 Å². The maximum atomic E-state index is 11.2. The Balaban J connectivity index is 1.98. The minimum Gasteiger partial charge on any atom is -0.494 e. The number of hydrogen-bond acceptors (Lipinski definition) is 3. The maximum Gasteiger partial charge on any atom is 0.220 e. The van der Waals surface area contributed by atoms with Crippen LogP contribution in [0.4, 0.5) is 5.69 Å². The van der Waals surface area contributed by atoms with Gasteiger partial charge in [0.05, 0.1) is 6.61 Å². The highest BCUT2D eigenvalue weighted by molar-refractivity contribution is 5.76. The van der Waals surface area contributed by atoms with Crippen molar-refractivity contribution < 1.29 is 9.53 Å². The second kappa shape index (κ2) is 6.28. The molecule has 1 heterocycles. The van der Waals surface area contributed by atoms with Crippen LogP contribution in [0.25, 0.3) is 0 Å². The molecule has 1 saturated heterocycles. The molecule has 4 nitrogen and oxygen atoms in total. The number of ether oxygens (including phenoxy) is 1. The monoisotopic (exact) mass is 248 g/mol. The van der Waals surface area contributed by atoms with E-state index in [2.05, 4.69) is 22.3 Å². The van der Waals surface area contributed by atoms with Crippen LogP contribution in [0.2, 0.25) is 0 Å². The number of carbonyl (C=O) groups is 1. The molecular formula is C14H20N2O2. The van der Waals surface area contributed by atoms with E-state index in [1.165, 1.54) is 5.69 Å². The van der Waals surface area contributed by atoms with Gasteiger partial charge in [0.2, 0.25) is 5.91 Å². The third-order valence-corrected chi connectivity index (χ3v) is 3.05. The van der Waals surface area contributed by atoms with Crippen molar-refractivity contribution in [2.24, 2.45) is 0 Å². The van der Waals surface area contributed by atoms with E-state index in [9.17, 15) is 4.79 Å². The predicted octanol–water partition coefficient (Wildman–Crippen LogP) is 1.80. The van der Waals surface area contributed by atoms with Crippen molar-refractivity contribution in [3.8, 4) is 5.75 Å². The summed E-state index contributed by atoms with van der Waals surface area (Å²) in [5, 5.41) is 2.91. The summed E-state index contributed by atoms with van der Waals surface area (Å²) in [6, 6.07) is 8.15. The van der Waals surface area contributed by atoms with E-state index in [0.717, 1.165) is 25.3 Å². The minimum atomic E-state index is 0.168. The highest BCUT2D eigenvalue weighted by Gasteiger charge is 2.11. The first kappa shape index (κ1) is 12.7. The van der Waals surface area contributed by atoms with Gasteiger partial charge in [-0.25, -0.2) is 0 Å². The third-order valence-electron chi connectivity index (χ3n) is 3.05. The van der Waals surface area contributed by atoms with Gasteiger partial charge in [0.1, 0.15) is 5.75 Å². The molecule has 1 aliphatic heterocycles. The summed E-state index contributed by atoms with van der Waals surface area (Å²) in [4.78, 5) is 13.6. The summed E-state index contributed by atoms with van der Waals surface area (Å²) in [5.41, 5.74) is 1.19. The number of rotatable bonds is 3. The van der Waals surface area contributed by atoms with Crippen LogP contribution in [0.3, 0.4) is 0 Å². The zero-order chi connectivity index (χ0) is 12.8. The number of hydrogen-bond donors (Lipinski definition) is 1. The molecule has 0 aliphatic carbocycles. The lowest BCUT2D eigenvalue weighted by atomic mass is 10.2. The fourth-order valence-electron chi connectivity index (χ4n) is 2.14. The minimum absolute atomic E-state index is 0.168. The van der Waals surface area contributed by atoms with Gasteiger partial charge in [-0.05, 0) is 37.6 Å². The molecule has 2 rings (SSSR count). The highest BCUT2D eigenvalue weighted by Crippen LogP contribution is 2.20. The van der Waals surface area contributed by atoms with Gasteiger partial charge in [0.15, 0.2) is 0 Å². The molecule has 1 aromatic carbocycles. The van der Waals surface area contributed by atoms with Gasteiger partial charge >= 0.3 is 0 Å². The molecule has 1 aromatic rings. The van der Waals surface area contributed by atoms with E-state index in [1.54, 1.807) is 0 Å². The largest absolute Gasteiger partial charge is 0.494 e. The molecule has 0 spiro atoms. The number of benzene rings is 1. The second-order valence-corrected chi connectivity index (χ2v) is 4.37. The van der Waals surface area contributed by atoms with Crippen molar-refractivity contribution in [1.82, 2.24) is 5.32 Å². The average molecular weight is 248 g/mol. The van der Waals surface area contributed by atoms with Gasteiger partial charge in [0.25, 0.3) is 0 Å². The summed E-state index contributed by atoms with van der Waals surface area (Å²) >= 11 is 0. The quantitative estimate of drug-likeness (QED) is 0.887. The summed E-state index contributed by atoms with van der Waals surface area (Å²) in [6.45, 7) is 5.18. The van der Waals surface area contributed by atoms with Gasteiger partial charge in [-0.15, -0.1) is 0 Å². The first-order valence-electron chi connectivity index (χ1n) is 6.54. The predicted molar refractivity (Wildman–Crippen MR) is 72.1 cm³/mol. The molecule has 18 heavy (non-hydrogen) atoms. The molecule has 0 bridgehead atoms. The van der Waals surface area contributed by atoms with Crippen LogP contribution in [-0.2, 0) is 4.79 Å². The summed E-state index contributed by atoms with van der Waals surface area (Å²) in [6.07, 6.45) is 1.52. The lowest BCUT2D eigenvalue weighted by molar-refractivity contribution is -0.121. The Hall–Kier alpha value is -1.71. The second-order valence-electron chi connectivity index (χ2n) is 4.37. The van der Waals surface area contributed by atoms with E-state index in [1.807, 2.05) is 19.1 Å². The molecule has 1 N–H and O–H groups in total. The molecule has 0 radical (unpaired) electrons. The standard InChI is InChI=1S/C14H20N2O2/c1-2-18-13-7-5-12(6-8-13)16-10-3-4-14(17)15-9-11-16/h5-8H,2-4,9-11H2,1H3,(H,15,17). The Bertz CT molecular complexity index is 377. The third kappa shape index (κ3) is 3.39. The fraction of sp³-hybridized carbons (Fsp3) is 0.500. The van der Waals surface area contributed by atoms with Crippen molar-refractivity contribution in [3.05, 3.63) is 24.3 Å². The smallest absolute Gasteiger partial charge is 0.220 e. The number of nitrogens with zero attached hydrogens (tertiary/aromatic N) is 1. The zero-order valence-electron chi connectivity index (χ0n) is 10.8. The van der Waals surface area contributed by atoms with Crippen molar-refractivity contribution in [2.75, 3.05) is 31.1 Å². The lowest BCUT2D eigenvalue weighted by Gasteiger charge is -2.27. The Kier molecular flexibility index (Phi) is 4.45. The number of amides is 1. The van der Waals surface area contributed by atoms with E-state index < -0.39 is 0 Å². The van der Waals surface area contributed by atoms with Crippen LogP contribution < -0.4 is 15.0 Å². The van der Waals surface area contributed by atoms with Crippen molar-refractivity contribution >= 4 is 11.6 Å². The molecule has 1 aliphatic rings. The number of carbonyl (C=O) groups excluding carboxylic acids is 1. The number of anilines is 1. The van der Waals surface area contributed by atoms with Gasteiger partial charge in [-0.3, -0.25) is 4.79 Å². The summed E-state index contributed by atoms with van der Waals surface area (Å²) in [5.74, 6) is 1.07. The normalized spacial score (nSPS) is 16.7. The fourth-order valence-corrected chi connectivity index (χ4v) is 2.14. The van der Waals surface area contributed by atoms with E-state index >= 15 is 0 Å². The molecule has 98 valence electrons. The van der Waals surface area contributed by atoms with Crippen LogP contribution in [0.5, 0.6) is 5.75 Å². The molecule has 1 fully saturated rings. The topological polar surface area (TPSA) is 41.6 Å². The Morgan fingerprint density at radius 1 is 1.28 bits per heavy atom. The first-order chi connectivity index (χ1) is 8.79. The summed E-state index contributed by atoms with van der Waals surface area (Å²) < 4.78 is 5.43. The molecule has 0 saturated carbocycles. The molecule has 0 unspecified atom stereocenters.